The van der Waals surface area contributed by atoms with Gasteiger partial charge in [-0.1, -0.05) is 17.4 Å². The third-order valence-electron chi connectivity index (χ3n) is 4.50. The van der Waals surface area contributed by atoms with Gasteiger partial charge in [0, 0.05) is 6.20 Å². The van der Waals surface area contributed by atoms with E-state index in [0.29, 0.717) is 38.1 Å². The van der Waals surface area contributed by atoms with Crippen molar-refractivity contribution < 1.29 is 18.7 Å². The standard InChI is InChI=1S/C22H18FN3O3S/c1-28-16-7-9-19(29-2)17(12-16)21(27)26(13-15-5-3-4-10-24-15)22-25-18-8-6-14(23)11-20(18)30-22/h3-12H,13H2,1-2H3. The Morgan fingerprint density at radius 1 is 1.10 bits per heavy atom. The van der Waals surface area contributed by atoms with Gasteiger partial charge >= 0.3 is 0 Å². The molecular weight excluding hydrogens is 405 g/mol. The maximum absolute atomic E-state index is 13.7. The van der Waals surface area contributed by atoms with Crippen molar-refractivity contribution in [1.82, 2.24) is 9.97 Å². The van der Waals surface area contributed by atoms with E-state index in [1.807, 2.05) is 12.1 Å². The maximum Gasteiger partial charge on any atom is 0.264 e. The number of hydrogen-bond donors (Lipinski definition) is 0. The third-order valence-corrected chi connectivity index (χ3v) is 5.54. The van der Waals surface area contributed by atoms with Crippen LogP contribution in [0.4, 0.5) is 9.52 Å². The number of methoxy groups -OCH3 is 2. The van der Waals surface area contributed by atoms with Gasteiger partial charge < -0.3 is 9.47 Å². The number of carbonyl (C=O) groups is 1. The van der Waals surface area contributed by atoms with Gasteiger partial charge in [-0.25, -0.2) is 9.37 Å². The largest absolute Gasteiger partial charge is 0.497 e. The van der Waals surface area contributed by atoms with Gasteiger partial charge in [0.2, 0.25) is 0 Å². The molecule has 2 aromatic heterocycles. The Kier molecular flexibility index (Phi) is 5.58. The van der Waals surface area contributed by atoms with Crippen LogP contribution in [0.5, 0.6) is 11.5 Å². The second-order valence-corrected chi connectivity index (χ2v) is 7.40. The first kappa shape index (κ1) is 19.8. The van der Waals surface area contributed by atoms with Crippen LogP contribution in [-0.4, -0.2) is 30.1 Å². The number of nitrogens with zero attached hydrogens (tertiary/aromatic N) is 3. The first-order chi connectivity index (χ1) is 14.6. The zero-order valence-corrected chi connectivity index (χ0v) is 17.1. The van der Waals surface area contributed by atoms with E-state index >= 15 is 0 Å². The van der Waals surface area contributed by atoms with E-state index in [4.69, 9.17) is 9.47 Å². The van der Waals surface area contributed by atoms with Crippen LogP contribution in [-0.2, 0) is 6.54 Å². The van der Waals surface area contributed by atoms with Crippen LogP contribution < -0.4 is 14.4 Å². The van der Waals surface area contributed by atoms with Gasteiger partial charge in [0.25, 0.3) is 5.91 Å². The highest BCUT2D eigenvalue weighted by Gasteiger charge is 2.25. The molecule has 0 atom stereocenters. The SMILES string of the molecule is COc1ccc(OC)c(C(=O)N(Cc2ccccn2)c2nc3ccc(F)cc3s2)c1. The molecule has 1 amide bonds. The van der Waals surface area contributed by atoms with Crippen molar-refractivity contribution in [3.05, 3.63) is 77.9 Å². The van der Waals surface area contributed by atoms with Crippen molar-refractivity contribution in [2.24, 2.45) is 0 Å². The number of benzene rings is 2. The fourth-order valence-electron chi connectivity index (χ4n) is 3.01. The quantitative estimate of drug-likeness (QED) is 0.450. The van der Waals surface area contributed by atoms with Crippen LogP contribution >= 0.6 is 11.3 Å². The maximum atomic E-state index is 13.7. The number of anilines is 1. The number of ether oxygens (including phenoxy) is 2. The molecule has 0 radical (unpaired) electrons. The van der Waals surface area contributed by atoms with Gasteiger partial charge in [-0.2, -0.15) is 0 Å². The first-order valence-corrected chi connectivity index (χ1v) is 9.90. The lowest BCUT2D eigenvalue weighted by Gasteiger charge is -2.21. The molecule has 152 valence electrons. The van der Waals surface area contributed by atoms with Crippen molar-refractivity contribution in [1.29, 1.82) is 0 Å². The summed E-state index contributed by atoms with van der Waals surface area (Å²) < 4.78 is 25.0. The normalized spacial score (nSPS) is 10.8. The van der Waals surface area contributed by atoms with E-state index in [1.165, 1.54) is 42.6 Å². The molecule has 2 heterocycles. The molecule has 0 aliphatic carbocycles. The number of thiazole rings is 1. The van der Waals surface area contributed by atoms with E-state index in [2.05, 4.69) is 9.97 Å². The minimum absolute atomic E-state index is 0.197. The second kappa shape index (κ2) is 8.46. The van der Waals surface area contributed by atoms with Gasteiger partial charge in [-0.05, 0) is 48.5 Å². The average molecular weight is 423 g/mol. The Morgan fingerprint density at radius 3 is 2.70 bits per heavy atom. The highest BCUT2D eigenvalue weighted by atomic mass is 32.1. The van der Waals surface area contributed by atoms with Gasteiger partial charge in [-0.3, -0.25) is 14.7 Å². The number of pyridine rings is 1. The number of halogens is 1. The Balaban J connectivity index is 1.81. The molecule has 30 heavy (non-hydrogen) atoms. The van der Waals surface area contributed by atoms with Crippen molar-refractivity contribution in [2.45, 2.75) is 6.54 Å². The minimum atomic E-state index is -0.352. The molecule has 0 aliphatic heterocycles. The summed E-state index contributed by atoms with van der Waals surface area (Å²) in [5.74, 6) is 0.271. The van der Waals surface area contributed by atoms with Crippen LogP contribution in [0.1, 0.15) is 16.1 Å². The lowest BCUT2D eigenvalue weighted by Crippen LogP contribution is -2.31. The van der Waals surface area contributed by atoms with Gasteiger partial charge in [-0.15, -0.1) is 0 Å². The molecule has 2 aromatic carbocycles. The average Bonchev–Trinajstić information content (AvgIpc) is 3.20. The van der Waals surface area contributed by atoms with Crippen LogP contribution in [0, 0.1) is 5.82 Å². The molecule has 6 nitrogen and oxygen atoms in total. The molecule has 0 saturated heterocycles. The lowest BCUT2D eigenvalue weighted by molar-refractivity contribution is 0.0981. The van der Waals surface area contributed by atoms with E-state index < -0.39 is 0 Å². The van der Waals surface area contributed by atoms with Crippen molar-refractivity contribution >= 4 is 32.6 Å². The van der Waals surface area contributed by atoms with E-state index in [9.17, 15) is 9.18 Å². The Morgan fingerprint density at radius 2 is 1.97 bits per heavy atom. The molecule has 0 bridgehead atoms. The molecule has 0 N–H and O–H groups in total. The minimum Gasteiger partial charge on any atom is -0.497 e. The summed E-state index contributed by atoms with van der Waals surface area (Å²) in [4.78, 5) is 24.0. The third kappa shape index (κ3) is 3.95. The zero-order chi connectivity index (χ0) is 21.1. The predicted octanol–water partition coefficient (Wildman–Crippen LogP) is 4.69. The number of fused-ring (bicyclic) bond motifs is 1. The van der Waals surface area contributed by atoms with Gasteiger partial charge in [0.05, 0.1) is 42.2 Å². The van der Waals surface area contributed by atoms with Crippen LogP contribution in [0.3, 0.4) is 0 Å². The van der Waals surface area contributed by atoms with E-state index in [0.717, 1.165) is 0 Å². The molecule has 4 aromatic rings. The molecule has 0 fully saturated rings. The van der Waals surface area contributed by atoms with Crippen LogP contribution in [0.2, 0.25) is 0 Å². The molecule has 4 rings (SSSR count). The smallest absolute Gasteiger partial charge is 0.264 e. The monoisotopic (exact) mass is 423 g/mol. The van der Waals surface area contributed by atoms with E-state index in [-0.39, 0.29) is 18.3 Å². The van der Waals surface area contributed by atoms with Crippen LogP contribution in [0.25, 0.3) is 10.2 Å². The summed E-state index contributed by atoms with van der Waals surface area (Å²) in [6, 6.07) is 14.9. The van der Waals surface area contributed by atoms with Crippen molar-refractivity contribution in [2.75, 3.05) is 19.1 Å². The summed E-state index contributed by atoms with van der Waals surface area (Å²) in [7, 11) is 3.03. The number of aromatic nitrogens is 2. The summed E-state index contributed by atoms with van der Waals surface area (Å²) in [6.45, 7) is 0.197. The molecule has 0 spiro atoms. The van der Waals surface area contributed by atoms with Crippen LogP contribution in [0.15, 0.2) is 60.8 Å². The van der Waals surface area contributed by atoms with Gasteiger partial charge in [0.15, 0.2) is 5.13 Å². The highest BCUT2D eigenvalue weighted by molar-refractivity contribution is 7.22. The number of hydrogen-bond acceptors (Lipinski definition) is 6. The van der Waals surface area contributed by atoms with Crippen molar-refractivity contribution in [3.8, 4) is 11.5 Å². The highest BCUT2D eigenvalue weighted by Crippen LogP contribution is 2.33. The topological polar surface area (TPSA) is 64.6 Å². The number of rotatable bonds is 6. The Hall–Kier alpha value is -3.52. The fraction of sp³-hybridized carbons (Fsp3) is 0.136. The van der Waals surface area contributed by atoms with Gasteiger partial charge in [0.1, 0.15) is 17.3 Å². The van der Waals surface area contributed by atoms with Crippen molar-refractivity contribution in [3.63, 3.8) is 0 Å². The molecule has 0 aliphatic rings. The first-order valence-electron chi connectivity index (χ1n) is 9.09. The zero-order valence-electron chi connectivity index (χ0n) is 16.3. The number of amides is 1. The Bertz CT molecular complexity index is 1200. The summed E-state index contributed by atoms with van der Waals surface area (Å²) in [6.07, 6.45) is 1.66. The number of carbonyl (C=O) groups excluding carboxylic acids is 1. The molecule has 0 unspecified atom stereocenters. The summed E-state index contributed by atoms with van der Waals surface area (Å²) >= 11 is 1.24. The molecule has 8 heteroatoms. The van der Waals surface area contributed by atoms with E-state index in [1.54, 1.807) is 36.5 Å². The fourth-order valence-corrected chi connectivity index (χ4v) is 4.00. The summed E-state index contributed by atoms with van der Waals surface area (Å²) in [5.41, 5.74) is 1.64. The lowest BCUT2D eigenvalue weighted by atomic mass is 10.1. The Labute approximate surface area is 176 Å². The predicted molar refractivity (Wildman–Crippen MR) is 114 cm³/mol. The second-order valence-electron chi connectivity index (χ2n) is 6.39. The molecule has 0 saturated carbocycles. The summed E-state index contributed by atoms with van der Waals surface area (Å²) in [5, 5.41) is 0.441. The molecular formula is C22H18FN3O3S.